The highest BCUT2D eigenvalue weighted by molar-refractivity contribution is 6.05. The molecule has 3 aromatic carbocycles. The summed E-state index contributed by atoms with van der Waals surface area (Å²) in [6.45, 7) is 0.118. The Bertz CT molecular complexity index is 1380. The van der Waals surface area contributed by atoms with Crippen LogP contribution in [0, 0.1) is 5.82 Å². The molecule has 3 aromatic rings. The van der Waals surface area contributed by atoms with Gasteiger partial charge in [0.1, 0.15) is 29.6 Å². The number of ether oxygens (including phenoxy) is 4. The van der Waals surface area contributed by atoms with Crippen LogP contribution in [0.5, 0.6) is 17.2 Å². The van der Waals surface area contributed by atoms with Crippen LogP contribution in [-0.4, -0.2) is 75.6 Å². The fourth-order valence-electron chi connectivity index (χ4n) is 4.53. The van der Waals surface area contributed by atoms with E-state index < -0.39 is 17.8 Å². The zero-order chi connectivity index (χ0) is 28.6. The van der Waals surface area contributed by atoms with Crippen LogP contribution in [0.15, 0.2) is 71.8 Å². The molecule has 4 rings (SSSR count). The smallest absolute Gasteiger partial charge is 0.262 e. The summed E-state index contributed by atoms with van der Waals surface area (Å²) in [5.41, 5.74) is 1.92. The van der Waals surface area contributed by atoms with Crippen molar-refractivity contribution in [3.63, 3.8) is 0 Å². The lowest BCUT2D eigenvalue weighted by Gasteiger charge is -2.27. The van der Waals surface area contributed by atoms with Gasteiger partial charge >= 0.3 is 0 Å². The van der Waals surface area contributed by atoms with Gasteiger partial charge in [0.05, 0.1) is 39.7 Å². The van der Waals surface area contributed by atoms with E-state index in [1.165, 1.54) is 30.2 Å². The van der Waals surface area contributed by atoms with E-state index in [2.05, 4.69) is 5.10 Å². The SMILES string of the molecule is COCCN(CC(=O)N1N=C(c2ccc(OC)cc2OC)CC1c1ccccc1F)C(=O)c1ccc(OC)cc1. The second-order valence-corrected chi connectivity index (χ2v) is 9.04. The molecule has 40 heavy (non-hydrogen) atoms. The van der Waals surface area contributed by atoms with Gasteiger partial charge < -0.3 is 23.8 Å². The van der Waals surface area contributed by atoms with Gasteiger partial charge in [-0.05, 0) is 42.5 Å². The van der Waals surface area contributed by atoms with Crippen molar-refractivity contribution in [2.24, 2.45) is 5.10 Å². The number of carbonyl (C=O) groups excluding carboxylic acids is 2. The number of hydrazone groups is 1. The molecule has 0 radical (unpaired) electrons. The maximum absolute atomic E-state index is 15.0. The quantitative estimate of drug-likeness (QED) is 0.354. The predicted molar refractivity (Wildman–Crippen MR) is 147 cm³/mol. The molecule has 210 valence electrons. The van der Waals surface area contributed by atoms with Gasteiger partial charge in [0.25, 0.3) is 11.8 Å². The van der Waals surface area contributed by atoms with Gasteiger partial charge in [-0.1, -0.05) is 18.2 Å². The second-order valence-electron chi connectivity index (χ2n) is 9.04. The first-order valence-corrected chi connectivity index (χ1v) is 12.7. The summed E-state index contributed by atoms with van der Waals surface area (Å²) in [5, 5.41) is 5.90. The Morgan fingerprint density at radius 2 is 1.65 bits per heavy atom. The van der Waals surface area contributed by atoms with Gasteiger partial charge in [0, 0.05) is 42.8 Å². The Kier molecular flexibility index (Phi) is 9.34. The van der Waals surface area contributed by atoms with Crippen LogP contribution in [0.3, 0.4) is 0 Å². The van der Waals surface area contributed by atoms with Crippen molar-refractivity contribution in [3.8, 4) is 17.2 Å². The van der Waals surface area contributed by atoms with Crippen molar-refractivity contribution in [1.29, 1.82) is 0 Å². The van der Waals surface area contributed by atoms with Gasteiger partial charge in [-0.15, -0.1) is 0 Å². The molecule has 0 saturated carbocycles. The fourth-order valence-corrected chi connectivity index (χ4v) is 4.53. The third-order valence-corrected chi connectivity index (χ3v) is 6.67. The first-order valence-electron chi connectivity index (χ1n) is 12.7. The number of methoxy groups -OCH3 is 4. The molecule has 1 heterocycles. The van der Waals surface area contributed by atoms with Crippen LogP contribution in [0.4, 0.5) is 4.39 Å². The molecule has 10 heteroatoms. The third-order valence-electron chi connectivity index (χ3n) is 6.67. The minimum absolute atomic E-state index is 0.175. The minimum Gasteiger partial charge on any atom is -0.497 e. The van der Waals surface area contributed by atoms with Gasteiger partial charge in [0.15, 0.2) is 0 Å². The lowest BCUT2D eigenvalue weighted by atomic mass is 9.97. The summed E-state index contributed by atoms with van der Waals surface area (Å²) < 4.78 is 36.2. The lowest BCUT2D eigenvalue weighted by molar-refractivity contribution is -0.133. The number of rotatable bonds is 11. The number of benzene rings is 3. The van der Waals surface area contributed by atoms with E-state index in [0.717, 1.165) is 0 Å². The summed E-state index contributed by atoms with van der Waals surface area (Å²) in [6, 6.07) is 17.5. The molecule has 0 N–H and O–H groups in total. The standard InChI is InChI=1S/C30H32FN3O6/c1-37-16-15-33(30(36)20-9-11-21(38-2)12-10-20)19-29(35)34-27(23-7-5-6-8-25(23)31)18-26(32-34)24-14-13-22(39-3)17-28(24)40-4/h5-14,17,27H,15-16,18-19H2,1-4H3. The minimum atomic E-state index is -0.712. The first-order chi connectivity index (χ1) is 19.4. The maximum atomic E-state index is 15.0. The van der Waals surface area contributed by atoms with Gasteiger partial charge in [-0.3, -0.25) is 9.59 Å². The molecule has 1 unspecified atom stereocenters. The molecular weight excluding hydrogens is 517 g/mol. The molecule has 2 amide bonds. The zero-order valence-electron chi connectivity index (χ0n) is 22.9. The van der Waals surface area contributed by atoms with Crippen molar-refractivity contribution >= 4 is 17.5 Å². The second kappa shape index (κ2) is 13.1. The number of hydrogen-bond acceptors (Lipinski definition) is 7. The number of hydrogen-bond donors (Lipinski definition) is 0. The van der Waals surface area contributed by atoms with Crippen LogP contribution in [-0.2, 0) is 9.53 Å². The largest absolute Gasteiger partial charge is 0.497 e. The van der Waals surface area contributed by atoms with E-state index >= 15 is 0 Å². The Morgan fingerprint density at radius 1 is 0.950 bits per heavy atom. The van der Waals surface area contributed by atoms with E-state index in [9.17, 15) is 14.0 Å². The predicted octanol–water partition coefficient (Wildman–Crippen LogP) is 4.32. The van der Waals surface area contributed by atoms with Crippen molar-refractivity contribution < 1.29 is 32.9 Å². The maximum Gasteiger partial charge on any atom is 0.262 e. The van der Waals surface area contributed by atoms with E-state index in [1.807, 2.05) is 0 Å². The number of amides is 2. The van der Waals surface area contributed by atoms with Gasteiger partial charge in [-0.25, -0.2) is 9.40 Å². The lowest BCUT2D eigenvalue weighted by Crippen LogP contribution is -2.42. The monoisotopic (exact) mass is 549 g/mol. The van der Waals surface area contributed by atoms with E-state index in [1.54, 1.807) is 74.9 Å². The van der Waals surface area contributed by atoms with Crippen molar-refractivity contribution in [2.45, 2.75) is 12.5 Å². The Labute approximate surface area is 232 Å². The molecule has 1 atom stereocenters. The third kappa shape index (κ3) is 6.23. The van der Waals surface area contributed by atoms with Crippen molar-refractivity contribution in [1.82, 2.24) is 9.91 Å². The average Bonchev–Trinajstić information content (AvgIpc) is 3.44. The Hall–Kier alpha value is -4.44. The average molecular weight is 550 g/mol. The van der Waals surface area contributed by atoms with E-state index in [4.69, 9.17) is 18.9 Å². The Morgan fingerprint density at radius 3 is 2.30 bits per heavy atom. The molecule has 0 saturated heterocycles. The molecule has 0 spiro atoms. The molecule has 1 aliphatic heterocycles. The molecule has 0 aliphatic carbocycles. The van der Waals surface area contributed by atoms with E-state index in [0.29, 0.717) is 39.7 Å². The highest BCUT2D eigenvalue weighted by Crippen LogP contribution is 2.37. The first kappa shape index (κ1) is 28.6. The summed E-state index contributed by atoms with van der Waals surface area (Å²) in [7, 11) is 6.15. The van der Waals surface area contributed by atoms with Crippen molar-refractivity contribution in [3.05, 3.63) is 89.2 Å². The summed E-state index contributed by atoms with van der Waals surface area (Å²) in [6.07, 6.45) is 0.250. The molecule has 0 fully saturated rings. The highest BCUT2D eigenvalue weighted by Gasteiger charge is 2.36. The summed E-state index contributed by atoms with van der Waals surface area (Å²) in [4.78, 5) is 28.5. The molecular formula is C30H32FN3O6. The van der Waals surface area contributed by atoms with Gasteiger partial charge in [0.2, 0.25) is 0 Å². The van der Waals surface area contributed by atoms with Crippen LogP contribution in [0.2, 0.25) is 0 Å². The summed E-state index contributed by atoms with van der Waals surface area (Å²) in [5.74, 6) is 0.454. The van der Waals surface area contributed by atoms with Crippen LogP contribution < -0.4 is 14.2 Å². The van der Waals surface area contributed by atoms with E-state index in [-0.39, 0.29) is 32.0 Å². The van der Waals surface area contributed by atoms with Crippen LogP contribution in [0.1, 0.15) is 33.9 Å². The van der Waals surface area contributed by atoms with Crippen LogP contribution >= 0.6 is 0 Å². The molecule has 1 aliphatic rings. The van der Waals surface area contributed by atoms with Crippen molar-refractivity contribution in [2.75, 3.05) is 48.1 Å². The van der Waals surface area contributed by atoms with Crippen LogP contribution in [0.25, 0.3) is 0 Å². The van der Waals surface area contributed by atoms with Gasteiger partial charge in [-0.2, -0.15) is 5.10 Å². The number of nitrogens with zero attached hydrogens (tertiary/aromatic N) is 3. The number of halogens is 1. The molecule has 0 bridgehead atoms. The number of carbonyl (C=O) groups is 2. The highest BCUT2D eigenvalue weighted by atomic mass is 19.1. The molecule has 9 nitrogen and oxygen atoms in total. The summed E-state index contributed by atoms with van der Waals surface area (Å²) >= 11 is 0. The Balaban J connectivity index is 1.67. The molecule has 0 aromatic heterocycles. The topological polar surface area (TPSA) is 89.9 Å². The fraction of sp³-hybridized carbons (Fsp3) is 0.300. The normalized spacial score (nSPS) is 14.5. The zero-order valence-corrected chi connectivity index (χ0v) is 22.9.